The number of aliphatic hydroxyl groups is 6. The Morgan fingerprint density at radius 2 is 1.27 bits per heavy atom. The van der Waals surface area contributed by atoms with Gasteiger partial charge in [0, 0.05) is 18.6 Å². The topological polar surface area (TPSA) is 272 Å². The largest absolute Gasteiger partial charge is 0.491 e. The summed E-state index contributed by atoms with van der Waals surface area (Å²) in [7, 11) is 0. The van der Waals surface area contributed by atoms with Crippen LogP contribution in [0.15, 0.2) is 24.3 Å². The average Bonchev–Trinajstić information content (AvgIpc) is 2.93. The molecule has 14 N–H and O–H groups in total. The minimum atomic E-state index is -1.66. The van der Waals surface area contributed by atoms with Crippen molar-refractivity contribution >= 4 is 0 Å². The number of aryl methyl sites for hydroxylation is 1. The Labute approximate surface area is 231 Å². The van der Waals surface area contributed by atoms with Crippen LogP contribution in [-0.4, -0.2) is 136 Å². The highest BCUT2D eigenvalue weighted by Crippen LogP contribution is 2.31. The second-order valence-corrected chi connectivity index (χ2v) is 10.7. The van der Waals surface area contributed by atoms with E-state index in [2.05, 4.69) is 0 Å². The molecule has 7 unspecified atom stereocenters. The summed E-state index contributed by atoms with van der Waals surface area (Å²) in [4.78, 5) is 0. The van der Waals surface area contributed by atoms with Crippen molar-refractivity contribution in [3.05, 3.63) is 29.8 Å². The van der Waals surface area contributed by atoms with Gasteiger partial charge in [0.1, 0.15) is 73.4 Å². The molecule has 228 valence electrons. The lowest BCUT2D eigenvalue weighted by atomic mass is 9.84. The molecule has 1 aromatic carbocycles. The summed E-state index contributed by atoms with van der Waals surface area (Å²) >= 11 is 0. The van der Waals surface area contributed by atoms with Gasteiger partial charge in [0.15, 0.2) is 12.6 Å². The lowest BCUT2D eigenvalue weighted by Crippen LogP contribution is -2.68. The van der Waals surface area contributed by atoms with E-state index in [0.717, 1.165) is 5.56 Å². The van der Waals surface area contributed by atoms with Gasteiger partial charge in [-0.3, -0.25) is 0 Å². The Morgan fingerprint density at radius 3 is 1.85 bits per heavy atom. The molecule has 0 spiro atoms. The Kier molecular flexibility index (Phi) is 10.3. The van der Waals surface area contributed by atoms with Crippen LogP contribution in [0.3, 0.4) is 0 Å². The van der Waals surface area contributed by atoms with Crippen LogP contribution in [0.2, 0.25) is 0 Å². The monoisotopic (exact) mass is 574 g/mol. The van der Waals surface area contributed by atoms with Crippen LogP contribution in [-0.2, 0) is 18.9 Å². The van der Waals surface area contributed by atoms with E-state index < -0.39 is 91.7 Å². The van der Waals surface area contributed by atoms with Crippen LogP contribution >= 0.6 is 0 Å². The van der Waals surface area contributed by atoms with Crippen molar-refractivity contribution in [2.75, 3.05) is 13.2 Å². The zero-order chi connectivity index (χ0) is 29.3. The third-order valence-electron chi connectivity index (χ3n) is 7.74. The number of hydrogen-bond donors (Lipinski definition) is 10. The first-order valence-electron chi connectivity index (χ1n) is 13.3. The fourth-order valence-electron chi connectivity index (χ4n) is 5.20. The van der Waals surface area contributed by atoms with Crippen molar-refractivity contribution in [3.8, 4) is 5.75 Å². The van der Waals surface area contributed by atoms with Crippen molar-refractivity contribution < 1.29 is 54.3 Å². The maximum atomic E-state index is 11.2. The summed E-state index contributed by atoms with van der Waals surface area (Å²) in [6.45, 7) is 1.66. The SMILES string of the molecule is Cc1ccc(OC[C@H]2OC(O[C@@H]3C(N)CC(N)C(O[C@H]4OC(CN)[C@@H](O)[C@H](O)C4O)[C@@H]3O)[C@H](O)[C@H](N)C2O)cc1. The molecule has 4 rings (SSSR count). The molecular weight excluding hydrogens is 532 g/mol. The van der Waals surface area contributed by atoms with Gasteiger partial charge < -0.3 is 77.3 Å². The smallest absolute Gasteiger partial charge is 0.187 e. The Hall–Kier alpha value is -1.54. The molecule has 15 atom stereocenters. The number of benzene rings is 1. The molecule has 40 heavy (non-hydrogen) atoms. The highest BCUT2D eigenvalue weighted by atomic mass is 16.7. The molecule has 1 aliphatic carbocycles. The second kappa shape index (κ2) is 13.2. The summed E-state index contributed by atoms with van der Waals surface area (Å²) < 4.78 is 28.7. The van der Waals surface area contributed by atoms with Crippen molar-refractivity contribution in [3.63, 3.8) is 0 Å². The van der Waals surface area contributed by atoms with E-state index in [0.29, 0.717) is 5.75 Å². The third-order valence-corrected chi connectivity index (χ3v) is 7.74. The van der Waals surface area contributed by atoms with Gasteiger partial charge in [-0.05, 0) is 25.5 Å². The number of rotatable bonds is 8. The third kappa shape index (κ3) is 6.58. The van der Waals surface area contributed by atoms with E-state index >= 15 is 0 Å². The lowest BCUT2D eigenvalue weighted by molar-refractivity contribution is -0.331. The maximum Gasteiger partial charge on any atom is 0.187 e. The molecule has 0 bridgehead atoms. The second-order valence-electron chi connectivity index (χ2n) is 10.7. The molecule has 15 heteroatoms. The van der Waals surface area contributed by atoms with E-state index in [9.17, 15) is 30.6 Å². The molecule has 0 radical (unpaired) electrons. The molecule has 3 fully saturated rings. The van der Waals surface area contributed by atoms with E-state index in [1.54, 1.807) is 12.1 Å². The summed E-state index contributed by atoms with van der Waals surface area (Å²) in [5.41, 5.74) is 25.1. The average molecular weight is 575 g/mol. The van der Waals surface area contributed by atoms with Crippen LogP contribution < -0.4 is 27.7 Å². The predicted octanol–water partition coefficient (Wildman–Crippen LogP) is -4.90. The van der Waals surface area contributed by atoms with E-state index in [4.69, 9.17) is 46.6 Å². The van der Waals surface area contributed by atoms with Gasteiger partial charge in [0.05, 0.1) is 6.04 Å². The fraction of sp³-hybridized carbons (Fsp3) is 0.760. The number of aliphatic hydroxyl groups excluding tert-OH is 6. The molecule has 15 nitrogen and oxygen atoms in total. The first-order chi connectivity index (χ1) is 18.9. The first-order valence-corrected chi connectivity index (χ1v) is 13.3. The Balaban J connectivity index is 1.43. The number of ether oxygens (including phenoxy) is 5. The maximum absolute atomic E-state index is 11.2. The molecule has 2 aliphatic heterocycles. The fourth-order valence-corrected chi connectivity index (χ4v) is 5.20. The van der Waals surface area contributed by atoms with Crippen LogP contribution in [0, 0.1) is 6.92 Å². The molecule has 1 saturated carbocycles. The molecule has 0 amide bonds. The van der Waals surface area contributed by atoms with E-state index in [1.165, 1.54) is 0 Å². The Morgan fingerprint density at radius 1 is 0.725 bits per heavy atom. The minimum Gasteiger partial charge on any atom is -0.491 e. The van der Waals surface area contributed by atoms with Crippen molar-refractivity contribution in [2.45, 2.75) is 105 Å². The molecule has 1 aromatic rings. The summed E-state index contributed by atoms with van der Waals surface area (Å²) in [5.74, 6) is 0.541. The van der Waals surface area contributed by atoms with Gasteiger partial charge in [-0.1, -0.05) is 17.7 Å². The van der Waals surface area contributed by atoms with Gasteiger partial charge in [0.25, 0.3) is 0 Å². The van der Waals surface area contributed by atoms with Gasteiger partial charge >= 0.3 is 0 Å². The molecule has 2 saturated heterocycles. The van der Waals surface area contributed by atoms with Gasteiger partial charge in [-0.25, -0.2) is 0 Å². The van der Waals surface area contributed by atoms with Gasteiger partial charge in [-0.15, -0.1) is 0 Å². The highest BCUT2D eigenvalue weighted by Gasteiger charge is 2.51. The molecule has 3 aliphatic rings. The van der Waals surface area contributed by atoms with Crippen molar-refractivity contribution in [2.24, 2.45) is 22.9 Å². The zero-order valence-electron chi connectivity index (χ0n) is 22.1. The minimum absolute atomic E-state index is 0.0954. The summed E-state index contributed by atoms with van der Waals surface area (Å²) in [6.07, 6.45) is -16.2. The standard InChI is InChI=1S/C25H42N4O11/c1-9-2-4-10(5-3-9)36-8-14-16(30)15(29)18(32)24(38-14)39-22-11(27)6-12(28)23(21(22)35)40-25-20(34)19(33)17(31)13(7-26)37-25/h2-5,11-25,30-35H,6-8,26-29H2,1H3/t11?,12?,13?,14-,15-,16?,17-,18-,19+,20?,21-,22-,23?,24?,25-/m1/s1. The highest BCUT2D eigenvalue weighted by molar-refractivity contribution is 5.26. The van der Waals surface area contributed by atoms with Crippen LogP contribution in [0.25, 0.3) is 0 Å². The lowest BCUT2D eigenvalue weighted by Gasteiger charge is -2.48. The summed E-state index contributed by atoms with van der Waals surface area (Å²) in [5, 5.41) is 63.1. The molecule has 2 heterocycles. The Bertz CT molecular complexity index is 946. The van der Waals surface area contributed by atoms with E-state index in [1.807, 2.05) is 19.1 Å². The quantitative estimate of drug-likeness (QED) is 0.139. The van der Waals surface area contributed by atoms with Gasteiger partial charge in [-0.2, -0.15) is 0 Å². The van der Waals surface area contributed by atoms with Crippen LogP contribution in [0.5, 0.6) is 5.75 Å². The van der Waals surface area contributed by atoms with E-state index in [-0.39, 0.29) is 19.6 Å². The summed E-state index contributed by atoms with van der Waals surface area (Å²) in [6, 6.07) is 4.42. The van der Waals surface area contributed by atoms with Crippen molar-refractivity contribution in [1.29, 1.82) is 0 Å². The van der Waals surface area contributed by atoms with Crippen LogP contribution in [0.4, 0.5) is 0 Å². The van der Waals surface area contributed by atoms with Gasteiger partial charge in [0.2, 0.25) is 0 Å². The zero-order valence-corrected chi connectivity index (χ0v) is 22.1. The molecular formula is C25H42N4O11. The van der Waals surface area contributed by atoms with Crippen LogP contribution in [0.1, 0.15) is 12.0 Å². The number of hydrogen-bond acceptors (Lipinski definition) is 15. The molecule has 0 aromatic heterocycles. The normalized spacial score (nSPS) is 46.2. The number of nitrogens with two attached hydrogens (primary N) is 4. The predicted molar refractivity (Wildman–Crippen MR) is 137 cm³/mol. The van der Waals surface area contributed by atoms with Crippen molar-refractivity contribution in [1.82, 2.24) is 0 Å². The first kappa shape index (κ1) is 31.4.